The van der Waals surface area contributed by atoms with Gasteiger partial charge in [-0.05, 0) is 62.3 Å². The summed E-state index contributed by atoms with van der Waals surface area (Å²) < 4.78 is 32.3. The summed E-state index contributed by atoms with van der Waals surface area (Å²) in [6.45, 7) is 15.8. The Morgan fingerprint density at radius 1 is 0.559 bits per heavy atom. The van der Waals surface area contributed by atoms with Crippen molar-refractivity contribution in [3.05, 3.63) is 0 Å². The number of carbonyl (C=O) groups is 3. The van der Waals surface area contributed by atoms with Crippen LogP contribution in [-0.4, -0.2) is 79.9 Å². The number of hydrogen-bond acceptors (Lipinski definition) is 10. The molecule has 0 heterocycles. The second kappa shape index (κ2) is 14.0. The number of rotatable bonds is 14. The highest BCUT2D eigenvalue weighted by atomic mass is 16.6. The van der Waals surface area contributed by atoms with E-state index in [9.17, 15) is 14.4 Å². The maximum atomic E-state index is 11.9. The van der Waals surface area contributed by atoms with Gasteiger partial charge < -0.3 is 34.2 Å². The van der Waals surface area contributed by atoms with Crippen LogP contribution in [0.3, 0.4) is 0 Å². The van der Waals surface area contributed by atoms with Crippen LogP contribution < -0.4 is 5.73 Å². The Morgan fingerprint density at radius 2 is 0.882 bits per heavy atom. The average molecular weight is 492 g/mol. The Hall–Kier alpha value is -1.75. The zero-order valence-corrected chi connectivity index (χ0v) is 22.4. The summed E-state index contributed by atoms with van der Waals surface area (Å²) in [5.74, 6) is -1.29. The van der Waals surface area contributed by atoms with Crippen molar-refractivity contribution in [2.24, 2.45) is 5.73 Å². The second-order valence-electron chi connectivity index (χ2n) is 11.2. The Balaban J connectivity index is 4.69. The van der Waals surface area contributed by atoms with Gasteiger partial charge in [-0.3, -0.25) is 9.59 Å². The minimum absolute atomic E-state index is 0.00342. The summed E-state index contributed by atoms with van der Waals surface area (Å²) in [6.07, 6.45) is 0.122. The van der Waals surface area contributed by atoms with Gasteiger partial charge in [-0.2, -0.15) is 0 Å². The predicted octanol–water partition coefficient (Wildman–Crippen LogP) is 2.54. The highest BCUT2D eigenvalue weighted by Crippen LogP contribution is 2.12. The zero-order chi connectivity index (χ0) is 26.6. The van der Waals surface area contributed by atoms with Crippen LogP contribution in [0, 0.1) is 0 Å². The van der Waals surface area contributed by atoms with E-state index in [-0.39, 0.29) is 64.4 Å². The fraction of sp³-hybridized carbons (Fsp3) is 0.875. The van der Waals surface area contributed by atoms with E-state index in [1.54, 1.807) is 62.3 Å². The minimum atomic E-state index is -1.12. The van der Waals surface area contributed by atoms with Crippen LogP contribution in [0.1, 0.15) is 75.2 Å². The highest BCUT2D eigenvalue weighted by Gasteiger charge is 2.28. The summed E-state index contributed by atoms with van der Waals surface area (Å²) >= 11 is 0. The summed E-state index contributed by atoms with van der Waals surface area (Å²) in [5.41, 5.74) is 3.48. The van der Waals surface area contributed by atoms with Crippen LogP contribution in [0.5, 0.6) is 0 Å². The Morgan fingerprint density at radius 3 is 1.24 bits per heavy atom. The van der Waals surface area contributed by atoms with Crippen LogP contribution in [0.25, 0.3) is 0 Å². The number of carbonyl (C=O) groups excluding carboxylic acids is 3. The van der Waals surface area contributed by atoms with E-state index in [0.717, 1.165) is 0 Å². The van der Waals surface area contributed by atoms with E-state index in [1.807, 2.05) is 0 Å². The van der Waals surface area contributed by atoms with Gasteiger partial charge >= 0.3 is 17.9 Å². The topological polar surface area (TPSA) is 133 Å². The minimum Gasteiger partial charge on any atom is -0.460 e. The molecule has 0 bridgehead atoms. The van der Waals surface area contributed by atoms with Crippen molar-refractivity contribution in [1.29, 1.82) is 0 Å². The van der Waals surface area contributed by atoms with Gasteiger partial charge in [0.1, 0.15) is 23.4 Å². The third kappa shape index (κ3) is 19.7. The first-order valence-corrected chi connectivity index (χ1v) is 11.5. The molecule has 34 heavy (non-hydrogen) atoms. The molecule has 0 fully saturated rings. The van der Waals surface area contributed by atoms with E-state index in [4.69, 9.17) is 34.2 Å². The summed E-state index contributed by atoms with van der Waals surface area (Å²) in [5, 5.41) is 0. The van der Waals surface area contributed by atoms with Crippen molar-refractivity contribution in [1.82, 2.24) is 0 Å². The molecule has 10 nitrogen and oxygen atoms in total. The molecular weight excluding hydrogens is 446 g/mol. The molecule has 0 unspecified atom stereocenters. The zero-order valence-electron chi connectivity index (χ0n) is 22.4. The lowest BCUT2D eigenvalue weighted by molar-refractivity contribution is -0.162. The normalized spacial score (nSPS) is 12.9. The SMILES string of the molecule is CC(C)(C)OC(=O)CCOCC(N)(COCCC(=O)OC(C)(C)C)COCC(=O)OC(C)(C)C. The summed E-state index contributed by atoms with van der Waals surface area (Å²) in [7, 11) is 0. The molecule has 0 aliphatic heterocycles. The lowest BCUT2D eigenvalue weighted by atomic mass is 10.1. The van der Waals surface area contributed by atoms with Crippen molar-refractivity contribution in [3.63, 3.8) is 0 Å². The van der Waals surface area contributed by atoms with E-state index < -0.39 is 28.3 Å². The number of hydrogen-bond donors (Lipinski definition) is 1. The van der Waals surface area contributed by atoms with Gasteiger partial charge in [0.25, 0.3) is 0 Å². The van der Waals surface area contributed by atoms with Crippen molar-refractivity contribution in [2.45, 2.75) is 97.5 Å². The molecular formula is C24H45NO9. The first-order valence-electron chi connectivity index (χ1n) is 11.5. The van der Waals surface area contributed by atoms with Gasteiger partial charge in [0, 0.05) is 0 Å². The van der Waals surface area contributed by atoms with Crippen LogP contribution in [0.15, 0.2) is 0 Å². The molecule has 0 rings (SSSR count). The van der Waals surface area contributed by atoms with E-state index in [0.29, 0.717) is 0 Å². The molecule has 0 aromatic carbocycles. The number of ether oxygens (including phenoxy) is 6. The molecule has 0 saturated carbocycles. The van der Waals surface area contributed by atoms with Gasteiger partial charge in [-0.25, -0.2) is 4.79 Å². The van der Waals surface area contributed by atoms with Crippen molar-refractivity contribution in [2.75, 3.05) is 39.6 Å². The van der Waals surface area contributed by atoms with E-state index in [2.05, 4.69) is 0 Å². The monoisotopic (exact) mass is 491 g/mol. The third-order valence-electron chi connectivity index (χ3n) is 3.55. The molecule has 0 spiro atoms. The second-order valence-corrected chi connectivity index (χ2v) is 11.2. The first-order chi connectivity index (χ1) is 15.3. The highest BCUT2D eigenvalue weighted by molar-refractivity contribution is 5.71. The largest absolute Gasteiger partial charge is 0.460 e. The third-order valence-corrected chi connectivity index (χ3v) is 3.55. The molecule has 0 saturated heterocycles. The molecule has 10 heteroatoms. The quantitative estimate of drug-likeness (QED) is 0.219. The summed E-state index contributed by atoms with van der Waals surface area (Å²) in [6, 6.07) is 0. The molecule has 0 amide bonds. The smallest absolute Gasteiger partial charge is 0.332 e. The summed E-state index contributed by atoms with van der Waals surface area (Å²) in [4.78, 5) is 35.6. The fourth-order valence-electron chi connectivity index (χ4n) is 2.48. The lowest BCUT2D eigenvalue weighted by Crippen LogP contribution is -2.53. The van der Waals surface area contributed by atoms with Gasteiger partial charge in [-0.15, -0.1) is 0 Å². The van der Waals surface area contributed by atoms with Gasteiger partial charge in [-0.1, -0.05) is 0 Å². The van der Waals surface area contributed by atoms with Crippen LogP contribution in [0.2, 0.25) is 0 Å². The maximum absolute atomic E-state index is 11.9. The fourth-order valence-corrected chi connectivity index (χ4v) is 2.48. The molecule has 0 aromatic heterocycles. The van der Waals surface area contributed by atoms with Gasteiger partial charge in [0.2, 0.25) is 0 Å². The Labute approximate surface area is 204 Å². The molecule has 0 aliphatic rings. The number of esters is 3. The molecule has 0 aliphatic carbocycles. The molecule has 0 radical (unpaired) electrons. The molecule has 0 aromatic rings. The van der Waals surface area contributed by atoms with Crippen LogP contribution in [-0.2, 0) is 42.8 Å². The number of nitrogens with two attached hydrogens (primary N) is 1. The average Bonchev–Trinajstić information content (AvgIpc) is 2.58. The Bertz CT molecular complexity index is 606. The predicted molar refractivity (Wildman–Crippen MR) is 126 cm³/mol. The Kier molecular flexibility index (Phi) is 13.2. The lowest BCUT2D eigenvalue weighted by Gasteiger charge is -2.29. The molecule has 2 N–H and O–H groups in total. The molecule has 0 atom stereocenters. The van der Waals surface area contributed by atoms with Crippen molar-refractivity contribution in [3.8, 4) is 0 Å². The van der Waals surface area contributed by atoms with E-state index >= 15 is 0 Å². The molecule has 200 valence electrons. The van der Waals surface area contributed by atoms with Crippen molar-refractivity contribution >= 4 is 17.9 Å². The standard InChI is InChI=1S/C24H45NO9/c1-21(2,3)32-18(26)10-12-29-15-24(25,17-31-14-20(28)34-23(7,8)9)16-30-13-11-19(27)33-22(4,5)6/h10-17,25H2,1-9H3. The van der Waals surface area contributed by atoms with Crippen molar-refractivity contribution < 1.29 is 42.8 Å². The van der Waals surface area contributed by atoms with Gasteiger partial charge in [0.15, 0.2) is 0 Å². The van der Waals surface area contributed by atoms with Crippen LogP contribution >= 0.6 is 0 Å². The van der Waals surface area contributed by atoms with E-state index in [1.165, 1.54) is 0 Å². The van der Waals surface area contributed by atoms with Crippen LogP contribution in [0.4, 0.5) is 0 Å². The van der Waals surface area contributed by atoms with Gasteiger partial charge in [0.05, 0.1) is 51.4 Å². The first kappa shape index (κ1) is 32.2. The maximum Gasteiger partial charge on any atom is 0.332 e.